The summed E-state index contributed by atoms with van der Waals surface area (Å²) in [6, 6.07) is 18.5. The Morgan fingerprint density at radius 2 is 1.69 bits per heavy atom. The van der Waals surface area contributed by atoms with E-state index in [2.05, 4.69) is 5.32 Å². The Balaban J connectivity index is 1.76. The van der Waals surface area contributed by atoms with Gasteiger partial charge in [0, 0.05) is 18.8 Å². The maximum atomic E-state index is 12.8. The van der Waals surface area contributed by atoms with Crippen LogP contribution in [0.3, 0.4) is 0 Å². The van der Waals surface area contributed by atoms with Crippen LogP contribution in [0.25, 0.3) is 0 Å². The number of rotatable bonds is 6. The predicted molar refractivity (Wildman–Crippen MR) is 105 cm³/mol. The Bertz CT molecular complexity index is 795. The zero-order valence-electron chi connectivity index (χ0n) is 14.6. The number of hydrogen-bond acceptors (Lipinski definition) is 3. The first-order valence-corrected chi connectivity index (χ1v) is 9.01. The monoisotopic (exact) mass is 367 g/mol. The molecule has 0 aliphatic carbocycles. The molecule has 1 atom stereocenters. The third kappa shape index (κ3) is 3.91. The lowest BCUT2D eigenvalue weighted by atomic mass is 10.1. The van der Waals surface area contributed by atoms with E-state index >= 15 is 0 Å². The maximum absolute atomic E-state index is 12.8. The van der Waals surface area contributed by atoms with E-state index < -0.39 is 6.04 Å². The molecule has 1 unspecified atom stereocenters. The lowest BCUT2D eigenvalue weighted by Crippen LogP contribution is -2.37. The molecular weight excluding hydrogens is 346 g/mol. The van der Waals surface area contributed by atoms with Gasteiger partial charge in [-0.25, -0.2) is 0 Å². The van der Waals surface area contributed by atoms with Crippen molar-refractivity contribution in [1.82, 2.24) is 9.80 Å². The van der Waals surface area contributed by atoms with Gasteiger partial charge in [-0.1, -0.05) is 48.5 Å². The third-order valence-electron chi connectivity index (χ3n) is 4.35. The van der Waals surface area contributed by atoms with Crippen LogP contribution in [0, 0.1) is 0 Å². The van der Waals surface area contributed by atoms with Crippen LogP contribution in [0.5, 0.6) is 0 Å². The van der Waals surface area contributed by atoms with Crippen LogP contribution in [-0.4, -0.2) is 39.3 Å². The number of likely N-dealkylation sites (N-methyl/N-ethyl adjacent to an activating group) is 1. The lowest BCUT2D eigenvalue weighted by Gasteiger charge is -2.23. The quantitative estimate of drug-likeness (QED) is 0.798. The highest BCUT2D eigenvalue weighted by atomic mass is 32.1. The number of nitrogens with zero attached hydrogens (tertiary/aromatic N) is 2. The minimum atomic E-state index is -0.577. The minimum absolute atomic E-state index is 0.0667. The fourth-order valence-electron chi connectivity index (χ4n) is 3.05. The molecule has 3 rings (SSSR count). The number of nitrogens with one attached hydrogen (secondary N) is 1. The van der Waals surface area contributed by atoms with Gasteiger partial charge in [0.15, 0.2) is 5.11 Å². The molecule has 1 aliphatic heterocycles. The number of benzene rings is 2. The third-order valence-corrected chi connectivity index (χ3v) is 4.81. The van der Waals surface area contributed by atoms with E-state index in [0.717, 1.165) is 5.56 Å². The molecule has 0 saturated carbocycles. The second-order valence-corrected chi connectivity index (χ2v) is 6.48. The highest BCUT2D eigenvalue weighted by Gasteiger charge is 2.42. The van der Waals surface area contributed by atoms with Crippen LogP contribution >= 0.6 is 12.2 Å². The van der Waals surface area contributed by atoms with E-state index in [9.17, 15) is 9.59 Å². The molecule has 2 aromatic carbocycles. The van der Waals surface area contributed by atoms with E-state index in [1.165, 1.54) is 0 Å². The fraction of sp³-hybridized carbons (Fsp3) is 0.250. The first kappa shape index (κ1) is 18.1. The highest BCUT2D eigenvalue weighted by molar-refractivity contribution is 7.80. The topological polar surface area (TPSA) is 52.7 Å². The predicted octanol–water partition coefficient (Wildman–Crippen LogP) is 3.03. The average molecular weight is 367 g/mol. The number of thiocarbonyl (C=S) groups is 1. The Labute approximate surface area is 158 Å². The SMILES string of the molecule is CCN1C(=O)C(CC(=O)Nc2ccccc2)N(Cc2ccccc2)C1=S. The normalized spacial score (nSPS) is 16.9. The highest BCUT2D eigenvalue weighted by Crippen LogP contribution is 2.23. The van der Waals surface area contributed by atoms with Crippen molar-refractivity contribution in [2.75, 3.05) is 11.9 Å². The number of hydrogen-bond donors (Lipinski definition) is 1. The molecule has 1 fully saturated rings. The number of carbonyl (C=O) groups is 2. The second-order valence-electron chi connectivity index (χ2n) is 6.11. The van der Waals surface area contributed by atoms with Crippen LogP contribution < -0.4 is 5.32 Å². The van der Waals surface area contributed by atoms with Gasteiger partial charge < -0.3 is 10.2 Å². The maximum Gasteiger partial charge on any atom is 0.252 e. The molecule has 0 radical (unpaired) electrons. The van der Waals surface area contributed by atoms with Crippen LogP contribution in [0.15, 0.2) is 60.7 Å². The summed E-state index contributed by atoms with van der Waals surface area (Å²) < 4.78 is 0. The molecule has 1 saturated heterocycles. The smallest absolute Gasteiger partial charge is 0.252 e. The second kappa shape index (κ2) is 8.10. The summed E-state index contributed by atoms with van der Waals surface area (Å²) in [7, 11) is 0. The van der Waals surface area contributed by atoms with Crippen LogP contribution in [0.2, 0.25) is 0 Å². The van der Waals surface area contributed by atoms with Gasteiger partial charge in [0.2, 0.25) is 5.91 Å². The number of anilines is 1. The van der Waals surface area contributed by atoms with Crippen molar-refractivity contribution in [3.63, 3.8) is 0 Å². The van der Waals surface area contributed by atoms with Gasteiger partial charge in [-0.2, -0.15) is 0 Å². The number of amides is 2. The molecular formula is C20H21N3O2S. The summed E-state index contributed by atoms with van der Waals surface area (Å²) in [5.74, 6) is -0.315. The van der Waals surface area contributed by atoms with Crippen molar-refractivity contribution in [2.24, 2.45) is 0 Å². The molecule has 26 heavy (non-hydrogen) atoms. The molecule has 2 amide bonds. The van der Waals surface area contributed by atoms with E-state index in [-0.39, 0.29) is 18.2 Å². The molecule has 0 spiro atoms. The van der Waals surface area contributed by atoms with Gasteiger partial charge in [-0.15, -0.1) is 0 Å². The van der Waals surface area contributed by atoms with Crippen molar-refractivity contribution in [1.29, 1.82) is 0 Å². The summed E-state index contributed by atoms with van der Waals surface area (Å²) in [5.41, 5.74) is 1.77. The van der Waals surface area contributed by atoms with Crippen LogP contribution in [-0.2, 0) is 16.1 Å². The van der Waals surface area contributed by atoms with E-state index in [1.807, 2.05) is 72.5 Å². The van der Waals surface area contributed by atoms with Gasteiger partial charge in [0.1, 0.15) is 6.04 Å². The first-order chi connectivity index (χ1) is 12.6. The van der Waals surface area contributed by atoms with E-state index in [1.54, 1.807) is 4.90 Å². The van der Waals surface area contributed by atoms with Gasteiger partial charge in [-0.3, -0.25) is 14.5 Å². The van der Waals surface area contributed by atoms with Crippen LogP contribution in [0.1, 0.15) is 18.9 Å². The molecule has 6 heteroatoms. The average Bonchev–Trinajstić information content (AvgIpc) is 2.87. The van der Waals surface area contributed by atoms with Gasteiger partial charge in [-0.05, 0) is 36.8 Å². The van der Waals surface area contributed by atoms with E-state index in [0.29, 0.717) is 23.9 Å². The van der Waals surface area contributed by atoms with Crippen molar-refractivity contribution < 1.29 is 9.59 Å². The summed E-state index contributed by atoms with van der Waals surface area (Å²) >= 11 is 5.50. The number of para-hydroxylation sites is 1. The fourth-order valence-corrected chi connectivity index (χ4v) is 3.46. The summed E-state index contributed by atoms with van der Waals surface area (Å²) in [6.45, 7) is 2.89. The Kier molecular flexibility index (Phi) is 5.63. The lowest BCUT2D eigenvalue weighted by molar-refractivity contribution is -0.130. The molecule has 1 N–H and O–H groups in total. The molecule has 0 bridgehead atoms. The van der Waals surface area contributed by atoms with Crippen molar-refractivity contribution in [2.45, 2.75) is 25.9 Å². The largest absolute Gasteiger partial charge is 0.332 e. The first-order valence-electron chi connectivity index (χ1n) is 8.61. The van der Waals surface area contributed by atoms with E-state index in [4.69, 9.17) is 12.2 Å². The molecule has 1 heterocycles. The summed E-state index contributed by atoms with van der Waals surface area (Å²) in [6.07, 6.45) is 0.0667. The van der Waals surface area contributed by atoms with Gasteiger partial charge in [0.05, 0.1) is 6.42 Å². The number of carbonyl (C=O) groups excluding carboxylic acids is 2. The summed E-state index contributed by atoms with van der Waals surface area (Å²) in [4.78, 5) is 28.6. The summed E-state index contributed by atoms with van der Waals surface area (Å²) in [5, 5.41) is 3.33. The minimum Gasteiger partial charge on any atom is -0.332 e. The molecule has 134 valence electrons. The molecule has 1 aliphatic rings. The van der Waals surface area contributed by atoms with Gasteiger partial charge >= 0.3 is 0 Å². The van der Waals surface area contributed by atoms with Crippen molar-refractivity contribution in [3.8, 4) is 0 Å². The zero-order chi connectivity index (χ0) is 18.5. The van der Waals surface area contributed by atoms with Crippen molar-refractivity contribution >= 4 is 34.8 Å². The Hall–Kier alpha value is -2.73. The Morgan fingerprint density at radius 3 is 2.31 bits per heavy atom. The van der Waals surface area contributed by atoms with Gasteiger partial charge in [0.25, 0.3) is 5.91 Å². The Morgan fingerprint density at radius 1 is 1.08 bits per heavy atom. The zero-order valence-corrected chi connectivity index (χ0v) is 15.4. The molecule has 2 aromatic rings. The molecule has 0 aromatic heterocycles. The molecule has 5 nitrogen and oxygen atoms in total. The van der Waals surface area contributed by atoms with Crippen molar-refractivity contribution in [3.05, 3.63) is 66.2 Å². The standard InChI is InChI=1S/C20H21N3O2S/c1-2-22-19(25)17(13-18(24)21-16-11-7-4-8-12-16)23(20(22)26)14-15-9-5-3-6-10-15/h3-12,17H,2,13-14H2,1H3,(H,21,24). The van der Waals surface area contributed by atoms with Crippen LogP contribution in [0.4, 0.5) is 5.69 Å².